The number of likely N-dealkylation sites (tertiary alicyclic amines) is 1. The molecule has 0 saturated carbocycles. The molecule has 1 N–H and O–H groups in total. The first-order chi connectivity index (χ1) is 15.6. The van der Waals surface area contributed by atoms with Gasteiger partial charge in [0.1, 0.15) is 10.7 Å². The fourth-order valence-corrected chi connectivity index (χ4v) is 7.16. The predicted octanol–water partition coefficient (Wildman–Crippen LogP) is 4.98. The van der Waals surface area contributed by atoms with E-state index in [2.05, 4.69) is 4.98 Å². The maximum Gasteiger partial charge on any atom is 0.259 e. The third kappa shape index (κ3) is 4.47. The quantitative estimate of drug-likeness (QED) is 0.532. The smallest absolute Gasteiger partial charge is 0.259 e. The molecule has 1 amide bonds. The number of hydrogen-bond acceptors (Lipinski definition) is 5. The summed E-state index contributed by atoms with van der Waals surface area (Å²) in [6.07, 6.45) is 7.21. The van der Waals surface area contributed by atoms with E-state index < -0.39 is 0 Å². The predicted molar refractivity (Wildman–Crippen MR) is 133 cm³/mol. The average molecular weight is 488 g/mol. The van der Waals surface area contributed by atoms with E-state index in [0.29, 0.717) is 17.3 Å². The minimum Gasteiger partial charge on any atom is -0.339 e. The largest absolute Gasteiger partial charge is 0.339 e. The number of carbonyl (C=O) groups excluding carboxylic acids is 1. The lowest BCUT2D eigenvalue weighted by Crippen LogP contribution is -2.38. The van der Waals surface area contributed by atoms with Crippen molar-refractivity contribution in [2.75, 3.05) is 12.3 Å². The number of carbonyl (C=O) groups is 1. The van der Waals surface area contributed by atoms with Gasteiger partial charge < -0.3 is 9.88 Å². The highest BCUT2D eigenvalue weighted by atomic mass is 35.5. The Labute approximate surface area is 200 Å². The minimum absolute atomic E-state index is 0.0318. The molecule has 168 valence electrons. The molecule has 3 aromatic rings. The maximum atomic E-state index is 12.9. The van der Waals surface area contributed by atoms with Crippen LogP contribution in [0.5, 0.6) is 0 Å². The molecule has 5 nitrogen and oxygen atoms in total. The Balaban J connectivity index is 1.21. The highest BCUT2D eigenvalue weighted by Gasteiger charge is 2.29. The number of rotatable bonds is 6. The summed E-state index contributed by atoms with van der Waals surface area (Å²) in [7, 11) is 0. The number of amides is 1. The molecule has 8 heteroatoms. The van der Waals surface area contributed by atoms with Crippen LogP contribution in [0.1, 0.15) is 47.5 Å². The second-order valence-electron chi connectivity index (χ2n) is 8.58. The molecule has 2 aromatic heterocycles. The summed E-state index contributed by atoms with van der Waals surface area (Å²) >= 11 is 9.51. The van der Waals surface area contributed by atoms with Crippen LogP contribution in [0.2, 0.25) is 5.02 Å². The van der Waals surface area contributed by atoms with Crippen LogP contribution in [-0.2, 0) is 29.8 Å². The van der Waals surface area contributed by atoms with Crippen LogP contribution in [0.4, 0.5) is 0 Å². The van der Waals surface area contributed by atoms with Crippen molar-refractivity contribution in [3.8, 4) is 0 Å². The van der Waals surface area contributed by atoms with Crippen LogP contribution >= 0.6 is 34.7 Å². The normalized spacial score (nSPS) is 18.3. The third-order valence-corrected chi connectivity index (χ3v) is 8.93. The molecule has 0 spiro atoms. The molecule has 5 rings (SSSR count). The van der Waals surface area contributed by atoms with Crippen molar-refractivity contribution in [3.05, 3.63) is 61.5 Å². The average Bonchev–Trinajstić information content (AvgIpc) is 3.39. The zero-order valence-electron chi connectivity index (χ0n) is 17.9. The maximum absolute atomic E-state index is 12.9. The highest BCUT2D eigenvalue weighted by molar-refractivity contribution is 7.99. The van der Waals surface area contributed by atoms with Gasteiger partial charge >= 0.3 is 0 Å². The first kappa shape index (κ1) is 22.0. The van der Waals surface area contributed by atoms with Crippen molar-refractivity contribution < 1.29 is 4.79 Å². The summed E-state index contributed by atoms with van der Waals surface area (Å²) in [5.74, 6) is 1.73. The number of hydrogen-bond donors (Lipinski definition) is 1. The van der Waals surface area contributed by atoms with E-state index in [-0.39, 0.29) is 17.5 Å². The topological polar surface area (TPSA) is 66.1 Å². The fourth-order valence-electron chi connectivity index (χ4n) is 4.89. The summed E-state index contributed by atoms with van der Waals surface area (Å²) in [6.45, 7) is 0.802. The molecule has 0 radical (unpaired) electrons. The van der Waals surface area contributed by atoms with Crippen LogP contribution in [0.25, 0.3) is 10.2 Å². The van der Waals surface area contributed by atoms with Crippen molar-refractivity contribution in [1.29, 1.82) is 0 Å². The Hall–Kier alpha value is -1.83. The van der Waals surface area contributed by atoms with Crippen LogP contribution in [0.15, 0.2) is 29.1 Å². The molecule has 0 bridgehead atoms. The Kier molecular flexibility index (Phi) is 6.58. The van der Waals surface area contributed by atoms with Gasteiger partial charge in [-0.15, -0.1) is 23.1 Å². The Morgan fingerprint density at radius 3 is 2.97 bits per heavy atom. The van der Waals surface area contributed by atoms with E-state index in [0.717, 1.165) is 65.9 Å². The molecule has 32 heavy (non-hydrogen) atoms. The molecular formula is C24H26ClN3O2S2. The number of fused-ring (bicyclic) bond motifs is 3. The van der Waals surface area contributed by atoms with E-state index in [4.69, 9.17) is 16.6 Å². The first-order valence-electron chi connectivity index (χ1n) is 11.2. The molecule has 1 aliphatic heterocycles. The van der Waals surface area contributed by atoms with E-state index in [1.165, 1.54) is 28.6 Å². The molecule has 3 heterocycles. The van der Waals surface area contributed by atoms with Crippen molar-refractivity contribution in [1.82, 2.24) is 14.9 Å². The Bertz CT molecular complexity index is 1210. The number of nitrogens with one attached hydrogen (secondary N) is 1. The van der Waals surface area contributed by atoms with Crippen molar-refractivity contribution in [3.63, 3.8) is 0 Å². The zero-order valence-corrected chi connectivity index (χ0v) is 20.3. The second-order valence-corrected chi connectivity index (χ2v) is 11.1. The van der Waals surface area contributed by atoms with Gasteiger partial charge in [0.2, 0.25) is 5.91 Å². The number of aromatic nitrogens is 2. The van der Waals surface area contributed by atoms with Gasteiger partial charge in [-0.2, -0.15) is 0 Å². The number of nitrogens with zero attached hydrogens (tertiary/aromatic N) is 2. The number of H-pyrrole nitrogens is 1. The van der Waals surface area contributed by atoms with Gasteiger partial charge in [-0.05, 0) is 62.1 Å². The van der Waals surface area contributed by atoms with Gasteiger partial charge in [-0.1, -0.05) is 29.8 Å². The fraction of sp³-hybridized carbons (Fsp3) is 0.458. The SMILES string of the molecule is O=C(CSCc1nc2sc3c(c2c(=O)[nH]1)CCCC3)N1CCCC1Cc1ccccc1Cl. The van der Waals surface area contributed by atoms with Crippen molar-refractivity contribution in [2.24, 2.45) is 0 Å². The number of benzene rings is 1. The van der Waals surface area contributed by atoms with Gasteiger partial charge in [0.15, 0.2) is 0 Å². The van der Waals surface area contributed by atoms with Gasteiger partial charge in [0.25, 0.3) is 5.56 Å². The molecule has 2 aliphatic rings. The van der Waals surface area contributed by atoms with E-state index >= 15 is 0 Å². The van der Waals surface area contributed by atoms with Gasteiger partial charge in [-0.3, -0.25) is 9.59 Å². The van der Waals surface area contributed by atoms with Gasteiger partial charge in [0, 0.05) is 22.5 Å². The summed E-state index contributed by atoms with van der Waals surface area (Å²) in [5.41, 5.74) is 2.27. The van der Waals surface area contributed by atoms with E-state index in [9.17, 15) is 9.59 Å². The highest BCUT2D eigenvalue weighted by Crippen LogP contribution is 2.33. The van der Waals surface area contributed by atoms with Gasteiger partial charge in [0.05, 0.1) is 16.9 Å². The molecule has 1 aliphatic carbocycles. The molecular weight excluding hydrogens is 462 g/mol. The molecule has 1 unspecified atom stereocenters. The van der Waals surface area contributed by atoms with Crippen LogP contribution < -0.4 is 5.56 Å². The number of thioether (sulfide) groups is 1. The van der Waals surface area contributed by atoms with E-state index in [1.807, 2.05) is 29.2 Å². The molecule has 1 saturated heterocycles. The lowest BCUT2D eigenvalue weighted by atomic mass is 9.97. The van der Waals surface area contributed by atoms with Crippen molar-refractivity contribution in [2.45, 2.75) is 56.7 Å². The minimum atomic E-state index is -0.0318. The summed E-state index contributed by atoms with van der Waals surface area (Å²) in [4.78, 5) is 37.5. The lowest BCUT2D eigenvalue weighted by molar-refractivity contribution is -0.129. The number of aryl methyl sites for hydroxylation is 2. The van der Waals surface area contributed by atoms with Crippen LogP contribution in [0, 0.1) is 0 Å². The zero-order chi connectivity index (χ0) is 22.1. The monoisotopic (exact) mass is 487 g/mol. The standard InChI is InChI=1S/C24H26ClN3O2S2/c25-18-9-3-1-6-15(18)12-16-7-5-11-28(16)21(29)14-31-13-20-26-23(30)22-17-8-2-4-10-19(17)32-24(22)27-20/h1,3,6,9,16H,2,4-5,7-8,10-14H2,(H,26,27,30). The first-order valence-corrected chi connectivity index (χ1v) is 13.6. The Morgan fingerprint density at radius 2 is 2.09 bits per heavy atom. The second kappa shape index (κ2) is 9.57. The number of halogens is 1. The lowest BCUT2D eigenvalue weighted by Gasteiger charge is -2.25. The van der Waals surface area contributed by atoms with Crippen LogP contribution in [0.3, 0.4) is 0 Å². The molecule has 1 fully saturated rings. The molecule has 1 atom stereocenters. The summed E-state index contributed by atoms with van der Waals surface area (Å²) in [6, 6.07) is 8.07. The number of thiophene rings is 1. The summed E-state index contributed by atoms with van der Waals surface area (Å²) in [5, 5.41) is 1.55. The molecule has 1 aromatic carbocycles. The van der Waals surface area contributed by atoms with Crippen molar-refractivity contribution >= 4 is 50.8 Å². The van der Waals surface area contributed by atoms with Gasteiger partial charge in [-0.25, -0.2) is 4.98 Å². The van der Waals surface area contributed by atoms with E-state index in [1.54, 1.807) is 11.3 Å². The number of aromatic amines is 1. The Morgan fingerprint density at radius 1 is 1.25 bits per heavy atom. The van der Waals surface area contributed by atoms with Crippen LogP contribution in [-0.4, -0.2) is 39.1 Å². The third-order valence-electron chi connectivity index (χ3n) is 6.45. The summed E-state index contributed by atoms with van der Waals surface area (Å²) < 4.78 is 0.